The lowest BCUT2D eigenvalue weighted by Crippen LogP contribution is -2.37. The molecule has 22 heavy (non-hydrogen) atoms. The maximum atomic E-state index is 12.5. The minimum absolute atomic E-state index is 0.00182. The molecular formula is C16H20Cl2N2OS. The number of thioether (sulfide) groups is 1. The van der Waals surface area contributed by atoms with Crippen LogP contribution in [-0.2, 0) is 4.79 Å². The Morgan fingerprint density at radius 1 is 1.18 bits per heavy atom. The van der Waals surface area contributed by atoms with Crippen molar-refractivity contribution in [1.82, 2.24) is 9.80 Å². The molecule has 0 aromatic heterocycles. The number of likely N-dealkylation sites (tertiary alicyclic amines) is 1. The van der Waals surface area contributed by atoms with Gasteiger partial charge in [0.1, 0.15) is 5.37 Å². The predicted octanol–water partition coefficient (Wildman–Crippen LogP) is 4.05. The van der Waals surface area contributed by atoms with E-state index in [-0.39, 0.29) is 16.5 Å². The van der Waals surface area contributed by atoms with E-state index in [2.05, 4.69) is 4.90 Å². The minimum atomic E-state index is -0.00182. The fourth-order valence-electron chi connectivity index (χ4n) is 3.08. The summed E-state index contributed by atoms with van der Waals surface area (Å²) in [6, 6.07) is 5.67. The number of nitrogens with zero attached hydrogens (tertiary/aromatic N) is 2. The molecule has 0 N–H and O–H groups in total. The molecule has 1 amide bonds. The Labute approximate surface area is 145 Å². The van der Waals surface area contributed by atoms with Gasteiger partial charge in [-0.25, -0.2) is 0 Å². The molecule has 2 saturated heterocycles. The summed E-state index contributed by atoms with van der Waals surface area (Å²) in [5.41, 5.74) is 1.05. The third-order valence-electron chi connectivity index (χ3n) is 4.33. The molecule has 2 heterocycles. The van der Waals surface area contributed by atoms with Gasteiger partial charge in [-0.15, -0.1) is 11.8 Å². The van der Waals surface area contributed by atoms with Crippen molar-refractivity contribution in [3.63, 3.8) is 0 Å². The first kappa shape index (κ1) is 16.4. The van der Waals surface area contributed by atoms with Crippen LogP contribution in [0.15, 0.2) is 18.2 Å². The highest BCUT2D eigenvalue weighted by molar-refractivity contribution is 8.01. The molecule has 1 aromatic rings. The van der Waals surface area contributed by atoms with E-state index < -0.39 is 0 Å². The van der Waals surface area contributed by atoms with Gasteiger partial charge in [-0.2, -0.15) is 0 Å². The number of rotatable bonds is 4. The lowest BCUT2D eigenvalue weighted by Gasteiger charge is -2.26. The summed E-state index contributed by atoms with van der Waals surface area (Å²) in [6.45, 7) is 6.02. The summed E-state index contributed by atoms with van der Waals surface area (Å²) in [4.78, 5) is 16.9. The molecule has 3 rings (SSSR count). The van der Waals surface area contributed by atoms with E-state index >= 15 is 0 Å². The Morgan fingerprint density at radius 3 is 2.59 bits per heavy atom. The van der Waals surface area contributed by atoms with Crippen LogP contribution in [0.2, 0.25) is 10.0 Å². The van der Waals surface area contributed by atoms with Gasteiger partial charge in [-0.05, 0) is 50.6 Å². The van der Waals surface area contributed by atoms with E-state index in [9.17, 15) is 4.79 Å². The molecule has 0 saturated carbocycles. The number of carbonyl (C=O) groups excluding carboxylic acids is 1. The smallest absolute Gasteiger partial charge is 0.236 e. The molecule has 0 bridgehead atoms. The first-order valence-corrected chi connectivity index (χ1v) is 9.39. The fourth-order valence-corrected chi connectivity index (χ4v) is 4.69. The molecule has 120 valence electrons. The van der Waals surface area contributed by atoms with Gasteiger partial charge in [-0.3, -0.25) is 4.79 Å². The molecule has 0 aliphatic carbocycles. The lowest BCUT2D eigenvalue weighted by molar-refractivity contribution is -0.130. The molecule has 0 radical (unpaired) electrons. The SMILES string of the molecule is C[C@H]1S[C@H](c2ccc(Cl)c(Cl)c2)N(CCN2CCCC2)C1=O. The van der Waals surface area contributed by atoms with Crippen molar-refractivity contribution in [2.75, 3.05) is 26.2 Å². The monoisotopic (exact) mass is 358 g/mol. The Hall–Kier alpha value is -0.420. The average Bonchev–Trinajstić information content (AvgIpc) is 3.10. The summed E-state index contributed by atoms with van der Waals surface area (Å²) in [5, 5.41) is 1.14. The van der Waals surface area contributed by atoms with Crippen LogP contribution in [0.5, 0.6) is 0 Å². The van der Waals surface area contributed by atoms with Gasteiger partial charge in [0.2, 0.25) is 5.91 Å². The van der Waals surface area contributed by atoms with E-state index in [0.29, 0.717) is 10.0 Å². The highest BCUT2D eigenvalue weighted by Gasteiger charge is 2.38. The standard InChI is InChI=1S/C16H20Cl2N2OS/c1-11-15(21)20(9-8-19-6-2-3-7-19)16(22-11)12-4-5-13(17)14(18)10-12/h4-5,10-11,16H,2-3,6-9H2,1H3/t11-,16-/m1/s1. The van der Waals surface area contributed by atoms with E-state index in [0.717, 1.165) is 31.7 Å². The molecule has 0 spiro atoms. The molecule has 2 fully saturated rings. The van der Waals surface area contributed by atoms with Crippen LogP contribution in [-0.4, -0.2) is 47.1 Å². The zero-order chi connectivity index (χ0) is 15.7. The zero-order valence-electron chi connectivity index (χ0n) is 12.6. The number of benzene rings is 1. The van der Waals surface area contributed by atoms with Gasteiger partial charge in [0.15, 0.2) is 0 Å². The van der Waals surface area contributed by atoms with Crippen LogP contribution in [0.1, 0.15) is 30.7 Å². The van der Waals surface area contributed by atoms with Crippen LogP contribution in [0.4, 0.5) is 0 Å². The molecule has 0 unspecified atom stereocenters. The Kier molecular flexibility index (Phi) is 5.23. The van der Waals surface area contributed by atoms with Gasteiger partial charge in [0, 0.05) is 13.1 Å². The van der Waals surface area contributed by atoms with Crippen molar-refractivity contribution in [2.24, 2.45) is 0 Å². The second kappa shape index (κ2) is 7.00. The normalized spacial score (nSPS) is 26.1. The summed E-state index contributed by atoms with van der Waals surface area (Å²) >= 11 is 13.8. The fraction of sp³-hybridized carbons (Fsp3) is 0.562. The Bertz CT molecular complexity index is 563. The summed E-state index contributed by atoms with van der Waals surface area (Å²) in [6.07, 6.45) is 2.55. The first-order chi connectivity index (χ1) is 10.6. The van der Waals surface area contributed by atoms with Crippen LogP contribution in [0, 0.1) is 0 Å². The van der Waals surface area contributed by atoms with Crippen molar-refractivity contribution in [3.05, 3.63) is 33.8 Å². The summed E-state index contributed by atoms with van der Waals surface area (Å²) in [7, 11) is 0. The predicted molar refractivity (Wildman–Crippen MR) is 93.6 cm³/mol. The maximum absolute atomic E-state index is 12.5. The van der Waals surface area contributed by atoms with E-state index in [4.69, 9.17) is 23.2 Å². The topological polar surface area (TPSA) is 23.6 Å². The van der Waals surface area contributed by atoms with Crippen molar-refractivity contribution < 1.29 is 4.79 Å². The third-order valence-corrected chi connectivity index (χ3v) is 6.46. The van der Waals surface area contributed by atoms with Crippen LogP contribution in [0.25, 0.3) is 0 Å². The van der Waals surface area contributed by atoms with Crippen LogP contribution < -0.4 is 0 Å². The van der Waals surface area contributed by atoms with Gasteiger partial charge in [0.25, 0.3) is 0 Å². The molecule has 2 aliphatic rings. The van der Waals surface area contributed by atoms with Crippen LogP contribution in [0.3, 0.4) is 0 Å². The molecule has 3 nitrogen and oxygen atoms in total. The minimum Gasteiger partial charge on any atom is -0.324 e. The second-order valence-electron chi connectivity index (χ2n) is 5.88. The van der Waals surface area contributed by atoms with E-state index in [1.165, 1.54) is 12.8 Å². The molecule has 6 heteroatoms. The van der Waals surface area contributed by atoms with E-state index in [1.807, 2.05) is 30.0 Å². The van der Waals surface area contributed by atoms with Crippen molar-refractivity contribution >= 4 is 40.9 Å². The third kappa shape index (κ3) is 3.40. The number of halogens is 2. The van der Waals surface area contributed by atoms with Crippen molar-refractivity contribution in [2.45, 2.75) is 30.4 Å². The van der Waals surface area contributed by atoms with Gasteiger partial charge < -0.3 is 9.80 Å². The number of hydrogen-bond acceptors (Lipinski definition) is 3. The number of hydrogen-bond donors (Lipinski definition) is 0. The zero-order valence-corrected chi connectivity index (χ0v) is 14.9. The molecule has 2 aliphatic heterocycles. The van der Waals surface area contributed by atoms with Gasteiger partial charge in [0.05, 0.1) is 15.3 Å². The Balaban J connectivity index is 1.75. The summed E-state index contributed by atoms with van der Waals surface area (Å²) in [5.74, 6) is 0.222. The highest BCUT2D eigenvalue weighted by atomic mass is 35.5. The Morgan fingerprint density at radius 2 is 1.91 bits per heavy atom. The lowest BCUT2D eigenvalue weighted by atomic mass is 10.2. The van der Waals surface area contributed by atoms with Gasteiger partial charge >= 0.3 is 0 Å². The molecule has 2 atom stereocenters. The maximum Gasteiger partial charge on any atom is 0.236 e. The largest absolute Gasteiger partial charge is 0.324 e. The first-order valence-electron chi connectivity index (χ1n) is 7.69. The average molecular weight is 359 g/mol. The molecule has 1 aromatic carbocycles. The second-order valence-corrected chi connectivity index (χ2v) is 8.12. The highest BCUT2D eigenvalue weighted by Crippen LogP contribution is 2.43. The van der Waals surface area contributed by atoms with Crippen molar-refractivity contribution in [3.8, 4) is 0 Å². The van der Waals surface area contributed by atoms with Crippen molar-refractivity contribution in [1.29, 1.82) is 0 Å². The summed E-state index contributed by atoms with van der Waals surface area (Å²) < 4.78 is 0. The van der Waals surface area contributed by atoms with E-state index in [1.54, 1.807) is 11.8 Å². The number of carbonyl (C=O) groups is 1. The number of amides is 1. The quantitative estimate of drug-likeness (QED) is 0.810. The van der Waals surface area contributed by atoms with Gasteiger partial charge in [-0.1, -0.05) is 29.3 Å². The van der Waals surface area contributed by atoms with Crippen LogP contribution >= 0.6 is 35.0 Å². The molecular weight excluding hydrogens is 339 g/mol.